The fourth-order valence-corrected chi connectivity index (χ4v) is 3.25. The highest BCUT2D eigenvalue weighted by Crippen LogP contribution is 2.18. The third-order valence-electron chi connectivity index (χ3n) is 4.51. The van der Waals surface area contributed by atoms with Crippen LogP contribution in [0, 0.1) is 0 Å². The molecular weight excluding hydrogens is 330 g/mol. The Hall–Kier alpha value is -3.35. The molecule has 1 unspecified atom stereocenters. The largest absolute Gasteiger partial charge is 0.335 e. The van der Waals surface area contributed by atoms with Gasteiger partial charge in [-0.3, -0.25) is 9.89 Å². The molecule has 0 radical (unpaired) electrons. The van der Waals surface area contributed by atoms with E-state index < -0.39 is 0 Å². The van der Waals surface area contributed by atoms with Crippen LogP contribution < -0.4 is 16.2 Å². The number of carbonyl (C=O) groups excluding carboxylic acids is 1. The highest BCUT2D eigenvalue weighted by atomic mass is 16.2. The third kappa shape index (κ3) is 3.23. The molecule has 7 heteroatoms. The molecule has 1 aliphatic rings. The Morgan fingerprint density at radius 2 is 1.96 bits per heavy atom. The number of H-pyrrole nitrogens is 1. The normalized spacial score (nSPS) is 15.9. The maximum Gasteiger partial charge on any atom is 0.319 e. The van der Waals surface area contributed by atoms with Crippen molar-refractivity contribution in [3.05, 3.63) is 76.3 Å². The second-order valence-corrected chi connectivity index (χ2v) is 6.30. The summed E-state index contributed by atoms with van der Waals surface area (Å²) in [6.45, 7) is 0. The second kappa shape index (κ2) is 6.87. The Morgan fingerprint density at radius 3 is 2.73 bits per heavy atom. The number of para-hydroxylation sites is 1. The lowest BCUT2D eigenvalue weighted by molar-refractivity contribution is 0.247. The number of fused-ring (bicyclic) bond motifs is 1. The molecule has 2 heterocycles. The lowest BCUT2D eigenvalue weighted by Crippen LogP contribution is -2.42. The maximum absolute atomic E-state index is 12.7. The molecule has 1 atom stereocenters. The topological polar surface area (TPSA) is 91.8 Å². The molecular formula is C19H19N5O2. The van der Waals surface area contributed by atoms with Gasteiger partial charge >= 0.3 is 6.03 Å². The standard InChI is InChI=1S/C19H19N5O2/c25-18-15-12-14(22-19(26)21-13-6-2-1-3-7-13)9-10-16(15)23-24(18)17-8-4-5-11-20-17/h1-8,11,14,23H,9-10,12H2,(H2,21,22,26). The van der Waals surface area contributed by atoms with Crippen molar-refractivity contribution >= 4 is 11.7 Å². The van der Waals surface area contributed by atoms with E-state index >= 15 is 0 Å². The summed E-state index contributed by atoms with van der Waals surface area (Å²) in [6.07, 6.45) is 3.64. The van der Waals surface area contributed by atoms with Crippen LogP contribution >= 0.6 is 0 Å². The first-order valence-electron chi connectivity index (χ1n) is 8.57. The second-order valence-electron chi connectivity index (χ2n) is 6.30. The summed E-state index contributed by atoms with van der Waals surface area (Å²) in [5.41, 5.74) is 2.27. The van der Waals surface area contributed by atoms with Crippen LogP contribution in [0.5, 0.6) is 0 Å². The molecule has 0 aliphatic heterocycles. The van der Waals surface area contributed by atoms with Gasteiger partial charge in [-0.05, 0) is 43.5 Å². The first kappa shape index (κ1) is 16.1. The van der Waals surface area contributed by atoms with Gasteiger partial charge in [-0.1, -0.05) is 24.3 Å². The SMILES string of the molecule is O=C(Nc1ccccc1)NC1CCc2[nH]n(-c3ccccn3)c(=O)c2C1. The van der Waals surface area contributed by atoms with Gasteiger partial charge in [-0.25, -0.2) is 14.5 Å². The minimum absolute atomic E-state index is 0.0769. The fourth-order valence-electron chi connectivity index (χ4n) is 3.25. The van der Waals surface area contributed by atoms with Crippen molar-refractivity contribution in [2.75, 3.05) is 5.32 Å². The average Bonchev–Trinajstić information content (AvgIpc) is 3.00. The van der Waals surface area contributed by atoms with Crippen molar-refractivity contribution in [1.29, 1.82) is 0 Å². The number of rotatable bonds is 3. The van der Waals surface area contributed by atoms with Crippen LogP contribution in [0.15, 0.2) is 59.5 Å². The van der Waals surface area contributed by atoms with Gasteiger partial charge in [0.25, 0.3) is 5.56 Å². The van der Waals surface area contributed by atoms with Gasteiger partial charge in [-0.2, -0.15) is 0 Å². The minimum atomic E-state index is -0.259. The highest BCUT2D eigenvalue weighted by Gasteiger charge is 2.26. The molecule has 0 spiro atoms. The van der Waals surface area contributed by atoms with E-state index in [0.29, 0.717) is 24.2 Å². The number of hydrogen-bond acceptors (Lipinski definition) is 3. The van der Waals surface area contributed by atoms with E-state index in [1.807, 2.05) is 42.5 Å². The van der Waals surface area contributed by atoms with E-state index in [-0.39, 0.29) is 17.6 Å². The van der Waals surface area contributed by atoms with E-state index in [2.05, 4.69) is 20.7 Å². The number of aromatic nitrogens is 3. The summed E-state index contributed by atoms with van der Waals surface area (Å²) in [7, 11) is 0. The molecule has 3 aromatic rings. The number of carbonyl (C=O) groups is 1. The maximum atomic E-state index is 12.7. The van der Waals surface area contributed by atoms with Gasteiger partial charge in [0.1, 0.15) is 0 Å². The fraction of sp³-hybridized carbons (Fsp3) is 0.211. The molecule has 0 fully saturated rings. The number of hydrogen-bond donors (Lipinski definition) is 3. The van der Waals surface area contributed by atoms with E-state index in [1.165, 1.54) is 4.68 Å². The molecule has 1 aliphatic carbocycles. The Kier molecular flexibility index (Phi) is 4.27. The van der Waals surface area contributed by atoms with E-state index in [9.17, 15) is 9.59 Å². The Labute approximate surface area is 150 Å². The van der Waals surface area contributed by atoms with E-state index in [0.717, 1.165) is 17.8 Å². The number of aryl methyl sites for hydroxylation is 1. The zero-order valence-electron chi connectivity index (χ0n) is 14.1. The van der Waals surface area contributed by atoms with Gasteiger partial charge in [0, 0.05) is 29.2 Å². The minimum Gasteiger partial charge on any atom is -0.335 e. The summed E-state index contributed by atoms with van der Waals surface area (Å²) in [6, 6.07) is 14.4. The van der Waals surface area contributed by atoms with Crippen LogP contribution in [0.3, 0.4) is 0 Å². The molecule has 2 aromatic heterocycles. The summed E-state index contributed by atoms with van der Waals surface area (Å²) >= 11 is 0. The number of anilines is 1. The number of benzene rings is 1. The molecule has 3 N–H and O–H groups in total. The molecule has 0 saturated heterocycles. The molecule has 0 bridgehead atoms. The predicted octanol–water partition coefficient (Wildman–Crippen LogP) is 2.24. The molecule has 1 aromatic carbocycles. The van der Waals surface area contributed by atoms with Crippen molar-refractivity contribution in [3.63, 3.8) is 0 Å². The van der Waals surface area contributed by atoms with Crippen molar-refractivity contribution in [1.82, 2.24) is 20.1 Å². The third-order valence-corrected chi connectivity index (χ3v) is 4.51. The van der Waals surface area contributed by atoms with Crippen LogP contribution in [0.1, 0.15) is 17.7 Å². The van der Waals surface area contributed by atoms with E-state index in [1.54, 1.807) is 12.3 Å². The predicted molar refractivity (Wildman–Crippen MR) is 98.6 cm³/mol. The summed E-state index contributed by atoms with van der Waals surface area (Å²) in [5.74, 6) is 0.568. The zero-order valence-corrected chi connectivity index (χ0v) is 14.1. The van der Waals surface area contributed by atoms with Gasteiger partial charge in [0.15, 0.2) is 5.82 Å². The summed E-state index contributed by atoms with van der Waals surface area (Å²) in [4.78, 5) is 29.1. The van der Waals surface area contributed by atoms with Crippen LogP contribution in [0.4, 0.5) is 10.5 Å². The number of pyridine rings is 1. The smallest absolute Gasteiger partial charge is 0.319 e. The van der Waals surface area contributed by atoms with Crippen LogP contribution in [-0.4, -0.2) is 26.8 Å². The van der Waals surface area contributed by atoms with Crippen LogP contribution in [0.25, 0.3) is 5.82 Å². The molecule has 4 rings (SSSR count). The number of amides is 2. The van der Waals surface area contributed by atoms with Gasteiger partial charge in [-0.15, -0.1) is 0 Å². The molecule has 0 saturated carbocycles. The van der Waals surface area contributed by atoms with E-state index in [4.69, 9.17) is 0 Å². The molecule has 7 nitrogen and oxygen atoms in total. The quantitative estimate of drug-likeness (QED) is 0.677. The van der Waals surface area contributed by atoms with Gasteiger partial charge in [0.05, 0.1) is 0 Å². The number of urea groups is 1. The Bertz CT molecular complexity index is 963. The molecule has 132 valence electrons. The average molecular weight is 349 g/mol. The number of nitrogens with one attached hydrogen (secondary N) is 3. The number of nitrogens with zero attached hydrogens (tertiary/aromatic N) is 2. The molecule has 2 amide bonds. The number of aromatic amines is 1. The van der Waals surface area contributed by atoms with Gasteiger partial charge in [0.2, 0.25) is 0 Å². The first-order chi connectivity index (χ1) is 12.7. The molecule has 26 heavy (non-hydrogen) atoms. The lowest BCUT2D eigenvalue weighted by Gasteiger charge is -2.22. The summed E-state index contributed by atoms with van der Waals surface area (Å²) in [5, 5.41) is 8.91. The highest BCUT2D eigenvalue weighted by molar-refractivity contribution is 5.89. The van der Waals surface area contributed by atoms with Crippen molar-refractivity contribution < 1.29 is 4.79 Å². The Balaban J connectivity index is 1.47. The lowest BCUT2D eigenvalue weighted by atomic mass is 9.93. The zero-order chi connectivity index (χ0) is 17.9. The van der Waals surface area contributed by atoms with Crippen molar-refractivity contribution in [2.24, 2.45) is 0 Å². The Morgan fingerprint density at radius 1 is 1.15 bits per heavy atom. The van der Waals surface area contributed by atoms with Crippen LogP contribution in [0.2, 0.25) is 0 Å². The van der Waals surface area contributed by atoms with Crippen molar-refractivity contribution in [3.8, 4) is 5.82 Å². The van der Waals surface area contributed by atoms with Gasteiger partial charge < -0.3 is 10.6 Å². The first-order valence-corrected chi connectivity index (χ1v) is 8.57. The monoisotopic (exact) mass is 349 g/mol. The summed E-state index contributed by atoms with van der Waals surface area (Å²) < 4.78 is 1.47. The van der Waals surface area contributed by atoms with Crippen molar-refractivity contribution in [2.45, 2.75) is 25.3 Å². The van der Waals surface area contributed by atoms with Crippen LogP contribution in [-0.2, 0) is 12.8 Å².